The van der Waals surface area contributed by atoms with Crippen LogP contribution in [0.25, 0.3) is 0 Å². The van der Waals surface area contributed by atoms with Crippen molar-refractivity contribution in [2.45, 2.75) is 6.54 Å². The van der Waals surface area contributed by atoms with E-state index in [0.717, 1.165) is 11.4 Å². The Labute approximate surface area is 68.9 Å². The molecule has 0 aromatic carbocycles. The van der Waals surface area contributed by atoms with Gasteiger partial charge < -0.3 is 5.32 Å². The number of nitrogens with zero attached hydrogens (tertiary/aromatic N) is 3. The van der Waals surface area contributed by atoms with Gasteiger partial charge in [-0.05, 0) is 11.6 Å². The Morgan fingerprint density at radius 3 is 3.36 bits per heavy atom. The van der Waals surface area contributed by atoms with Gasteiger partial charge in [0.1, 0.15) is 5.82 Å². The SMILES string of the molecule is Cn1ncc2c1NC(Cl)=NC2. The summed E-state index contributed by atoms with van der Waals surface area (Å²) in [7, 11) is 1.86. The van der Waals surface area contributed by atoms with Crippen LogP contribution in [0.3, 0.4) is 0 Å². The zero-order valence-corrected chi connectivity index (χ0v) is 6.76. The molecule has 1 aliphatic rings. The number of nitrogens with one attached hydrogen (secondary N) is 1. The van der Waals surface area contributed by atoms with Gasteiger partial charge in [-0.2, -0.15) is 5.10 Å². The zero-order chi connectivity index (χ0) is 7.84. The highest BCUT2D eigenvalue weighted by molar-refractivity contribution is 6.67. The first kappa shape index (κ1) is 6.67. The summed E-state index contributed by atoms with van der Waals surface area (Å²) in [5.74, 6) is 0.935. The number of amidine groups is 1. The number of aryl methyl sites for hydroxylation is 1. The number of anilines is 1. The molecule has 0 amide bonds. The molecule has 1 aromatic rings. The van der Waals surface area contributed by atoms with E-state index >= 15 is 0 Å². The number of aliphatic imine (C=N–C) groups is 1. The molecule has 0 spiro atoms. The maximum absolute atomic E-state index is 5.67. The average molecular weight is 171 g/mol. The fourth-order valence-electron chi connectivity index (χ4n) is 1.05. The van der Waals surface area contributed by atoms with E-state index in [2.05, 4.69) is 15.4 Å². The molecule has 1 N–H and O–H groups in total. The predicted octanol–water partition coefficient (Wildman–Crippen LogP) is 0.940. The summed E-state index contributed by atoms with van der Waals surface area (Å²) >= 11 is 5.67. The van der Waals surface area contributed by atoms with Crippen molar-refractivity contribution >= 4 is 22.7 Å². The molecule has 0 saturated carbocycles. The minimum absolute atomic E-state index is 0.432. The molecule has 0 aliphatic carbocycles. The summed E-state index contributed by atoms with van der Waals surface area (Å²) in [5, 5.41) is 7.41. The molecule has 0 unspecified atom stereocenters. The molecule has 11 heavy (non-hydrogen) atoms. The lowest BCUT2D eigenvalue weighted by atomic mass is 10.3. The maximum atomic E-state index is 5.67. The summed E-state index contributed by atoms with van der Waals surface area (Å²) in [4.78, 5) is 4.00. The van der Waals surface area contributed by atoms with Gasteiger partial charge in [0, 0.05) is 12.6 Å². The Hall–Kier alpha value is -1.03. The monoisotopic (exact) mass is 170 g/mol. The Balaban J connectivity index is 2.44. The van der Waals surface area contributed by atoms with Crippen LogP contribution in [0.5, 0.6) is 0 Å². The number of hydrogen-bond donors (Lipinski definition) is 1. The van der Waals surface area contributed by atoms with Gasteiger partial charge in [0.15, 0.2) is 5.29 Å². The molecule has 4 nitrogen and oxygen atoms in total. The lowest BCUT2D eigenvalue weighted by Crippen LogP contribution is -2.13. The third-order valence-corrected chi connectivity index (χ3v) is 1.84. The first-order chi connectivity index (χ1) is 5.27. The van der Waals surface area contributed by atoms with E-state index in [-0.39, 0.29) is 0 Å². The predicted molar refractivity (Wildman–Crippen MR) is 43.8 cm³/mol. The number of fused-ring (bicyclic) bond motifs is 1. The quantitative estimate of drug-likeness (QED) is 0.589. The van der Waals surface area contributed by atoms with Crippen molar-refractivity contribution in [3.63, 3.8) is 0 Å². The highest BCUT2D eigenvalue weighted by Gasteiger charge is 2.13. The van der Waals surface area contributed by atoms with Crippen molar-refractivity contribution in [1.29, 1.82) is 0 Å². The van der Waals surface area contributed by atoms with Crippen molar-refractivity contribution in [2.75, 3.05) is 5.32 Å². The van der Waals surface area contributed by atoms with Gasteiger partial charge in [-0.25, -0.2) is 0 Å². The van der Waals surface area contributed by atoms with Crippen LogP contribution in [0.4, 0.5) is 5.82 Å². The fourth-order valence-corrected chi connectivity index (χ4v) is 1.20. The average Bonchev–Trinajstić information content (AvgIpc) is 2.33. The van der Waals surface area contributed by atoms with Gasteiger partial charge in [0.25, 0.3) is 0 Å². The number of halogens is 1. The molecule has 5 heteroatoms. The molecular formula is C6H7ClN4. The van der Waals surface area contributed by atoms with Crippen LogP contribution in [0.1, 0.15) is 5.56 Å². The van der Waals surface area contributed by atoms with E-state index in [9.17, 15) is 0 Å². The third kappa shape index (κ3) is 0.991. The summed E-state index contributed by atoms with van der Waals surface area (Å²) in [6.45, 7) is 0.620. The molecular weight excluding hydrogens is 164 g/mol. The van der Waals surface area contributed by atoms with E-state index in [1.54, 1.807) is 10.9 Å². The van der Waals surface area contributed by atoms with E-state index in [1.807, 2.05) is 7.05 Å². The second kappa shape index (κ2) is 2.23. The van der Waals surface area contributed by atoms with Gasteiger partial charge in [-0.1, -0.05) is 0 Å². The van der Waals surface area contributed by atoms with Crippen molar-refractivity contribution in [1.82, 2.24) is 9.78 Å². The normalized spacial score (nSPS) is 15.3. The highest BCUT2D eigenvalue weighted by atomic mass is 35.5. The van der Waals surface area contributed by atoms with Gasteiger partial charge in [-0.15, -0.1) is 0 Å². The van der Waals surface area contributed by atoms with Crippen LogP contribution >= 0.6 is 11.6 Å². The number of hydrogen-bond acceptors (Lipinski definition) is 3. The van der Waals surface area contributed by atoms with Crippen LogP contribution < -0.4 is 5.32 Å². The molecule has 0 bridgehead atoms. The highest BCUT2D eigenvalue weighted by Crippen LogP contribution is 2.19. The lowest BCUT2D eigenvalue weighted by molar-refractivity contribution is 0.776. The largest absolute Gasteiger partial charge is 0.315 e. The molecule has 0 atom stereocenters. The lowest BCUT2D eigenvalue weighted by Gasteiger charge is -2.10. The maximum Gasteiger partial charge on any atom is 0.197 e. The Morgan fingerprint density at radius 1 is 1.73 bits per heavy atom. The zero-order valence-electron chi connectivity index (χ0n) is 6.00. The van der Waals surface area contributed by atoms with Crippen LogP contribution in [-0.2, 0) is 13.6 Å². The van der Waals surface area contributed by atoms with Crippen LogP contribution in [-0.4, -0.2) is 15.1 Å². The minimum Gasteiger partial charge on any atom is -0.315 e. The smallest absolute Gasteiger partial charge is 0.197 e. The van der Waals surface area contributed by atoms with Crippen molar-refractivity contribution in [3.8, 4) is 0 Å². The summed E-state index contributed by atoms with van der Waals surface area (Å²) in [6.07, 6.45) is 1.79. The Kier molecular flexibility index (Phi) is 1.35. The van der Waals surface area contributed by atoms with Gasteiger partial charge in [0.05, 0.1) is 12.7 Å². The molecule has 0 radical (unpaired) electrons. The molecule has 0 fully saturated rings. The van der Waals surface area contributed by atoms with E-state index < -0.39 is 0 Å². The molecule has 1 aliphatic heterocycles. The Bertz CT molecular complexity index is 314. The van der Waals surface area contributed by atoms with E-state index in [4.69, 9.17) is 11.6 Å². The van der Waals surface area contributed by atoms with Gasteiger partial charge in [0.2, 0.25) is 0 Å². The first-order valence-electron chi connectivity index (χ1n) is 3.25. The minimum atomic E-state index is 0.432. The van der Waals surface area contributed by atoms with Crippen molar-refractivity contribution in [2.24, 2.45) is 12.0 Å². The summed E-state index contributed by atoms with van der Waals surface area (Å²) < 4.78 is 1.74. The van der Waals surface area contributed by atoms with Crippen LogP contribution in [0.2, 0.25) is 0 Å². The number of rotatable bonds is 0. The molecule has 2 rings (SSSR count). The van der Waals surface area contributed by atoms with E-state index in [0.29, 0.717) is 11.8 Å². The summed E-state index contributed by atoms with van der Waals surface area (Å²) in [5.41, 5.74) is 1.08. The van der Waals surface area contributed by atoms with Crippen LogP contribution in [0.15, 0.2) is 11.2 Å². The van der Waals surface area contributed by atoms with Crippen LogP contribution in [0, 0.1) is 0 Å². The van der Waals surface area contributed by atoms with Gasteiger partial charge >= 0.3 is 0 Å². The topological polar surface area (TPSA) is 42.2 Å². The Morgan fingerprint density at radius 2 is 2.55 bits per heavy atom. The molecule has 0 saturated heterocycles. The van der Waals surface area contributed by atoms with Gasteiger partial charge in [-0.3, -0.25) is 9.67 Å². The summed E-state index contributed by atoms with van der Waals surface area (Å²) in [6, 6.07) is 0. The molecule has 58 valence electrons. The molecule has 1 aromatic heterocycles. The third-order valence-electron chi connectivity index (χ3n) is 1.62. The number of aromatic nitrogens is 2. The second-order valence-corrected chi connectivity index (χ2v) is 2.73. The van der Waals surface area contributed by atoms with Crippen molar-refractivity contribution < 1.29 is 0 Å². The fraction of sp³-hybridized carbons (Fsp3) is 0.333. The first-order valence-corrected chi connectivity index (χ1v) is 3.63. The van der Waals surface area contributed by atoms with E-state index in [1.165, 1.54) is 0 Å². The molecule has 2 heterocycles. The second-order valence-electron chi connectivity index (χ2n) is 2.37. The van der Waals surface area contributed by atoms with Crippen molar-refractivity contribution in [3.05, 3.63) is 11.8 Å². The standard InChI is InChI=1S/C6H7ClN4/c1-11-5-4(3-9-11)2-8-6(7)10-5/h3H,2H2,1H3,(H,8,10).